The van der Waals surface area contributed by atoms with Gasteiger partial charge in [-0.15, -0.1) is 0 Å². The van der Waals surface area contributed by atoms with Crippen LogP contribution in [0.25, 0.3) is 0 Å². The molecule has 0 unspecified atom stereocenters. The smallest absolute Gasteiger partial charge is 0.194 e. The molecule has 1 aromatic carbocycles. The number of rotatable bonds is 15. The van der Waals surface area contributed by atoms with Gasteiger partial charge in [-0.05, 0) is 19.3 Å². The van der Waals surface area contributed by atoms with Crippen molar-refractivity contribution >= 4 is 0 Å². The van der Waals surface area contributed by atoms with Crippen LogP contribution in [0.3, 0.4) is 0 Å². The van der Waals surface area contributed by atoms with Crippen molar-refractivity contribution in [2.75, 3.05) is 13.2 Å². The molecule has 0 aliphatic carbocycles. The maximum atomic E-state index is 6.29. The summed E-state index contributed by atoms with van der Waals surface area (Å²) in [5.41, 5.74) is 1.16. The van der Waals surface area contributed by atoms with Crippen LogP contribution >= 0.6 is 0 Å². The summed E-state index contributed by atoms with van der Waals surface area (Å²) < 4.78 is 12.6. The Morgan fingerprint density at radius 3 is 1.75 bits per heavy atom. The maximum absolute atomic E-state index is 6.29. The topological polar surface area (TPSA) is 18.5 Å². The van der Waals surface area contributed by atoms with E-state index in [-0.39, 0.29) is 0 Å². The van der Waals surface area contributed by atoms with Gasteiger partial charge >= 0.3 is 0 Å². The summed E-state index contributed by atoms with van der Waals surface area (Å²) in [6.45, 7) is 8.07. The minimum absolute atomic E-state index is 0.559. The van der Waals surface area contributed by atoms with E-state index in [1.807, 2.05) is 0 Å². The molecule has 24 heavy (non-hydrogen) atoms. The molecule has 0 spiro atoms. The van der Waals surface area contributed by atoms with Crippen LogP contribution in [0, 0.1) is 0 Å². The molecule has 0 saturated carbocycles. The van der Waals surface area contributed by atoms with Crippen molar-refractivity contribution in [1.29, 1.82) is 0 Å². The highest BCUT2D eigenvalue weighted by Gasteiger charge is 2.33. The molecule has 0 N–H and O–H groups in total. The lowest BCUT2D eigenvalue weighted by Crippen LogP contribution is -2.34. The van der Waals surface area contributed by atoms with Crippen LogP contribution in [-0.4, -0.2) is 13.2 Å². The van der Waals surface area contributed by atoms with Gasteiger partial charge in [-0.2, -0.15) is 0 Å². The molecular formula is C22H38O2. The van der Waals surface area contributed by atoms with Crippen molar-refractivity contribution in [2.45, 2.75) is 90.8 Å². The summed E-state index contributed by atoms with van der Waals surface area (Å²) in [6, 6.07) is 10.5. The van der Waals surface area contributed by atoms with Crippen molar-refractivity contribution in [3.8, 4) is 0 Å². The van der Waals surface area contributed by atoms with Gasteiger partial charge in [-0.3, -0.25) is 0 Å². The highest BCUT2D eigenvalue weighted by atomic mass is 16.7. The highest BCUT2D eigenvalue weighted by molar-refractivity contribution is 5.20. The predicted octanol–water partition coefficient (Wildman–Crippen LogP) is 6.83. The molecule has 2 nitrogen and oxygen atoms in total. The van der Waals surface area contributed by atoms with E-state index < -0.39 is 5.79 Å². The molecule has 0 radical (unpaired) electrons. The largest absolute Gasteiger partial charge is 0.346 e. The fourth-order valence-corrected chi connectivity index (χ4v) is 3.04. The van der Waals surface area contributed by atoms with Gasteiger partial charge in [-0.1, -0.05) is 89.6 Å². The molecule has 0 aliphatic rings. The third-order valence-corrected chi connectivity index (χ3v) is 4.40. The van der Waals surface area contributed by atoms with Crippen LogP contribution in [-0.2, 0) is 15.3 Å². The molecule has 2 heteroatoms. The summed E-state index contributed by atoms with van der Waals surface area (Å²) in [6.07, 6.45) is 12.1. The van der Waals surface area contributed by atoms with Crippen LogP contribution in [0.5, 0.6) is 0 Å². The maximum Gasteiger partial charge on any atom is 0.194 e. The Hall–Kier alpha value is -0.860. The summed E-state index contributed by atoms with van der Waals surface area (Å²) in [7, 11) is 0. The van der Waals surface area contributed by atoms with Gasteiger partial charge in [0.25, 0.3) is 0 Å². The fourth-order valence-electron chi connectivity index (χ4n) is 3.04. The molecule has 1 aromatic rings. The van der Waals surface area contributed by atoms with E-state index in [9.17, 15) is 0 Å². The predicted molar refractivity (Wildman–Crippen MR) is 103 cm³/mol. The van der Waals surface area contributed by atoms with Gasteiger partial charge in [0.15, 0.2) is 5.79 Å². The summed E-state index contributed by atoms with van der Waals surface area (Å²) in [5, 5.41) is 0. The first-order valence-electron chi connectivity index (χ1n) is 10.1. The molecule has 0 fully saturated rings. The number of hydrogen-bond donors (Lipinski definition) is 0. The second-order valence-corrected chi connectivity index (χ2v) is 6.69. The van der Waals surface area contributed by atoms with Gasteiger partial charge in [0.1, 0.15) is 0 Å². The lowest BCUT2D eigenvalue weighted by Gasteiger charge is -2.34. The molecule has 0 heterocycles. The van der Waals surface area contributed by atoms with Crippen molar-refractivity contribution in [3.05, 3.63) is 35.9 Å². The minimum Gasteiger partial charge on any atom is -0.346 e. The Labute approximate surface area is 149 Å². The lowest BCUT2D eigenvalue weighted by molar-refractivity contribution is -0.252. The van der Waals surface area contributed by atoms with E-state index in [1.54, 1.807) is 0 Å². The zero-order valence-corrected chi connectivity index (χ0v) is 16.2. The first kappa shape index (κ1) is 21.2. The monoisotopic (exact) mass is 334 g/mol. The quantitative estimate of drug-likeness (QED) is 0.258. The Balaban J connectivity index is 2.64. The zero-order chi connectivity index (χ0) is 17.5. The van der Waals surface area contributed by atoms with Crippen LogP contribution in [0.15, 0.2) is 30.3 Å². The van der Waals surface area contributed by atoms with Gasteiger partial charge < -0.3 is 9.47 Å². The van der Waals surface area contributed by atoms with E-state index in [2.05, 4.69) is 51.1 Å². The lowest BCUT2D eigenvalue weighted by atomic mass is 9.97. The molecule has 0 aromatic heterocycles. The van der Waals surface area contributed by atoms with Crippen LogP contribution in [0.4, 0.5) is 0 Å². The summed E-state index contributed by atoms with van der Waals surface area (Å²) >= 11 is 0. The first-order valence-corrected chi connectivity index (χ1v) is 10.1. The van der Waals surface area contributed by atoms with Crippen molar-refractivity contribution in [2.24, 2.45) is 0 Å². The molecule has 138 valence electrons. The normalized spacial score (nSPS) is 11.8. The Morgan fingerprint density at radius 2 is 1.21 bits per heavy atom. The number of hydrogen-bond acceptors (Lipinski definition) is 2. The average molecular weight is 335 g/mol. The SMILES string of the molecule is CCCCCCCCCC(OCCC)(OCCC)c1ccccc1. The molecule has 0 aliphatic heterocycles. The van der Waals surface area contributed by atoms with Gasteiger partial charge in [-0.25, -0.2) is 0 Å². The summed E-state index contributed by atoms with van der Waals surface area (Å²) in [4.78, 5) is 0. The number of unbranched alkanes of at least 4 members (excludes halogenated alkanes) is 6. The molecule has 0 saturated heterocycles. The second kappa shape index (κ2) is 13.4. The minimum atomic E-state index is -0.559. The third-order valence-electron chi connectivity index (χ3n) is 4.40. The van der Waals surface area contributed by atoms with E-state index >= 15 is 0 Å². The van der Waals surface area contributed by atoms with Crippen molar-refractivity contribution in [1.82, 2.24) is 0 Å². The Bertz CT molecular complexity index is 380. The molecular weight excluding hydrogens is 296 g/mol. The van der Waals surface area contributed by atoms with E-state index in [0.29, 0.717) is 0 Å². The Morgan fingerprint density at radius 1 is 0.667 bits per heavy atom. The van der Waals surface area contributed by atoms with Crippen molar-refractivity contribution < 1.29 is 9.47 Å². The van der Waals surface area contributed by atoms with E-state index in [4.69, 9.17) is 9.47 Å². The number of ether oxygens (including phenoxy) is 2. The van der Waals surface area contributed by atoms with Gasteiger partial charge in [0.2, 0.25) is 0 Å². The standard InChI is InChI=1S/C22H38O2/c1-4-7-8-9-10-11-15-18-22(23-19-5-2,24-20-6-3)21-16-13-12-14-17-21/h12-14,16-17H,4-11,15,18-20H2,1-3H3. The Kier molecular flexibility index (Phi) is 11.9. The van der Waals surface area contributed by atoms with Gasteiger partial charge in [0, 0.05) is 12.0 Å². The first-order chi connectivity index (χ1) is 11.8. The van der Waals surface area contributed by atoms with E-state index in [0.717, 1.165) is 44.5 Å². The third kappa shape index (κ3) is 7.81. The average Bonchev–Trinajstić information content (AvgIpc) is 2.63. The fraction of sp³-hybridized carbons (Fsp3) is 0.727. The highest BCUT2D eigenvalue weighted by Crippen LogP contribution is 2.34. The second-order valence-electron chi connectivity index (χ2n) is 6.69. The van der Waals surface area contributed by atoms with Crippen LogP contribution < -0.4 is 0 Å². The zero-order valence-electron chi connectivity index (χ0n) is 16.2. The van der Waals surface area contributed by atoms with Crippen LogP contribution in [0.1, 0.15) is 90.5 Å². The summed E-state index contributed by atoms with van der Waals surface area (Å²) in [5.74, 6) is -0.559. The molecule has 1 rings (SSSR count). The molecule has 0 amide bonds. The van der Waals surface area contributed by atoms with E-state index in [1.165, 1.54) is 38.5 Å². The number of benzene rings is 1. The molecule has 0 bridgehead atoms. The van der Waals surface area contributed by atoms with Crippen molar-refractivity contribution in [3.63, 3.8) is 0 Å². The van der Waals surface area contributed by atoms with Crippen LogP contribution in [0.2, 0.25) is 0 Å². The van der Waals surface area contributed by atoms with Gasteiger partial charge in [0.05, 0.1) is 13.2 Å². The molecule has 0 atom stereocenters.